The SMILES string of the molecule is COc1ccc(-c2ccc(=O)n(CC(=O)N[C@H](Cc3ccccc3)C(=O)O)n2)cc1OC. The number of methoxy groups -OCH3 is 2. The molecule has 0 radical (unpaired) electrons. The van der Waals surface area contributed by atoms with E-state index in [4.69, 9.17) is 9.47 Å². The maximum absolute atomic E-state index is 12.5. The second-order valence-electron chi connectivity index (χ2n) is 6.93. The second-order valence-corrected chi connectivity index (χ2v) is 6.93. The van der Waals surface area contributed by atoms with Gasteiger partial charge in [-0.25, -0.2) is 9.48 Å². The molecular formula is C23H23N3O6. The third kappa shape index (κ3) is 5.51. The van der Waals surface area contributed by atoms with E-state index in [9.17, 15) is 19.5 Å². The molecule has 1 heterocycles. The van der Waals surface area contributed by atoms with Gasteiger partial charge in [0, 0.05) is 18.1 Å². The van der Waals surface area contributed by atoms with E-state index in [2.05, 4.69) is 10.4 Å². The molecule has 2 aromatic carbocycles. The molecule has 9 nitrogen and oxygen atoms in total. The summed E-state index contributed by atoms with van der Waals surface area (Å²) in [4.78, 5) is 36.3. The van der Waals surface area contributed by atoms with Crippen LogP contribution in [0.1, 0.15) is 5.56 Å². The number of amides is 1. The molecule has 0 bridgehead atoms. The molecule has 0 unspecified atom stereocenters. The Morgan fingerprint density at radius 2 is 1.75 bits per heavy atom. The number of carboxylic acids is 1. The minimum Gasteiger partial charge on any atom is -0.493 e. The largest absolute Gasteiger partial charge is 0.493 e. The van der Waals surface area contributed by atoms with Crippen LogP contribution in [0.15, 0.2) is 65.5 Å². The smallest absolute Gasteiger partial charge is 0.326 e. The zero-order chi connectivity index (χ0) is 23.1. The van der Waals surface area contributed by atoms with Crippen molar-refractivity contribution in [3.8, 4) is 22.8 Å². The Balaban J connectivity index is 1.77. The molecule has 2 N–H and O–H groups in total. The Bertz CT molecular complexity index is 1160. The molecule has 0 aliphatic carbocycles. The van der Waals surface area contributed by atoms with E-state index in [1.54, 1.807) is 42.5 Å². The molecule has 3 aromatic rings. The molecule has 0 saturated heterocycles. The Morgan fingerprint density at radius 1 is 1.03 bits per heavy atom. The van der Waals surface area contributed by atoms with Crippen LogP contribution in [0, 0.1) is 0 Å². The molecule has 1 aromatic heterocycles. The van der Waals surface area contributed by atoms with E-state index in [1.807, 2.05) is 6.07 Å². The van der Waals surface area contributed by atoms with Gasteiger partial charge in [-0.1, -0.05) is 30.3 Å². The summed E-state index contributed by atoms with van der Waals surface area (Å²) >= 11 is 0. The minimum absolute atomic E-state index is 0.121. The molecule has 3 rings (SSSR count). The average molecular weight is 437 g/mol. The van der Waals surface area contributed by atoms with Gasteiger partial charge in [-0.2, -0.15) is 5.10 Å². The van der Waals surface area contributed by atoms with Crippen molar-refractivity contribution in [3.63, 3.8) is 0 Å². The molecule has 1 atom stereocenters. The molecule has 0 aliphatic rings. The van der Waals surface area contributed by atoms with E-state index in [1.165, 1.54) is 26.4 Å². The second kappa shape index (κ2) is 10.3. The minimum atomic E-state index is -1.17. The summed E-state index contributed by atoms with van der Waals surface area (Å²) in [6.45, 7) is -0.418. The predicted octanol–water partition coefficient (Wildman–Crippen LogP) is 1.74. The first-order chi connectivity index (χ1) is 15.4. The summed E-state index contributed by atoms with van der Waals surface area (Å²) in [5.41, 5.74) is 1.38. The van der Waals surface area contributed by atoms with Crippen molar-refractivity contribution >= 4 is 11.9 Å². The van der Waals surface area contributed by atoms with Crippen molar-refractivity contribution in [2.24, 2.45) is 0 Å². The number of hydrogen-bond acceptors (Lipinski definition) is 6. The maximum Gasteiger partial charge on any atom is 0.326 e. The van der Waals surface area contributed by atoms with Crippen LogP contribution in [0.25, 0.3) is 11.3 Å². The fourth-order valence-electron chi connectivity index (χ4n) is 3.14. The Morgan fingerprint density at radius 3 is 2.41 bits per heavy atom. The summed E-state index contributed by atoms with van der Waals surface area (Å²) in [6, 6.07) is 15.8. The van der Waals surface area contributed by atoms with Gasteiger partial charge in [0.1, 0.15) is 12.6 Å². The van der Waals surface area contributed by atoms with Crippen LogP contribution in [-0.2, 0) is 22.6 Å². The van der Waals surface area contributed by atoms with Crippen molar-refractivity contribution in [2.75, 3.05) is 14.2 Å². The number of aromatic nitrogens is 2. The van der Waals surface area contributed by atoms with Gasteiger partial charge in [-0.3, -0.25) is 9.59 Å². The Kier molecular flexibility index (Phi) is 7.22. The number of rotatable bonds is 9. The van der Waals surface area contributed by atoms with Crippen LogP contribution in [0.3, 0.4) is 0 Å². The van der Waals surface area contributed by atoms with E-state index in [0.717, 1.165) is 10.2 Å². The Hall–Kier alpha value is -4.14. The van der Waals surface area contributed by atoms with Crippen LogP contribution in [0.2, 0.25) is 0 Å². The van der Waals surface area contributed by atoms with Gasteiger partial charge in [0.05, 0.1) is 19.9 Å². The zero-order valence-electron chi connectivity index (χ0n) is 17.6. The summed E-state index contributed by atoms with van der Waals surface area (Å²) in [5, 5.41) is 16.2. The Labute approximate surface area is 184 Å². The third-order valence-corrected chi connectivity index (χ3v) is 4.76. The number of carbonyl (C=O) groups excluding carboxylic acids is 1. The molecule has 0 fully saturated rings. The zero-order valence-corrected chi connectivity index (χ0v) is 17.6. The van der Waals surface area contributed by atoms with Gasteiger partial charge in [0.15, 0.2) is 11.5 Å². The number of carboxylic acid groups (broad SMARTS) is 1. The first-order valence-electron chi connectivity index (χ1n) is 9.78. The summed E-state index contributed by atoms with van der Waals surface area (Å²) in [7, 11) is 3.03. The van der Waals surface area contributed by atoms with Crippen LogP contribution in [0.4, 0.5) is 0 Å². The third-order valence-electron chi connectivity index (χ3n) is 4.76. The van der Waals surface area contributed by atoms with Crippen molar-refractivity contribution in [3.05, 3.63) is 76.6 Å². The molecule has 32 heavy (non-hydrogen) atoms. The number of aliphatic carboxylic acids is 1. The van der Waals surface area contributed by atoms with Gasteiger partial charge < -0.3 is 19.9 Å². The van der Waals surface area contributed by atoms with E-state index in [-0.39, 0.29) is 6.42 Å². The topological polar surface area (TPSA) is 120 Å². The lowest BCUT2D eigenvalue weighted by Crippen LogP contribution is -2.44. The lowest BCUT2D eigenvalue weighted by Gasteiger charge is -2.15. The lowest BCUT2D eigenvalue weighted by atomic mass is 10.1. The van der Waals surface area contributed by atoms with Gasteiger partial charge in [0.25, 0.3) is 5.56 Å². The summed E-state index contributed by atoms with van der Waals surface area (Å²) < 4.78 is 11.5. The number of nitrogens with zero attached hydrogens (tertiary/aromatic N) is 2. The monoisotopic (exact) mass is 437 g/mol. The van der Waals surface area contributed by atoms with E-state index in [0.29, 0.717) is 22.8 Å². The summed E-state index contributed by atoms with van der Waals surface area (Å²) in [6.07, 6.45) is 0.121. The first kappa shape index (κ1) is 22.5. The molecule has 1 amide bonds. The highest BCUT2D eigenvalue weighted by atomic mass is 16.5. The van der Waals surface area contributed by atoms with Crippen molar-refractivity contribution in [1.29, 1.82) is 0 Å². The van der Waals surface area contributed by atoms with Crippen LogP contribution < -0.4 is 20.3 Å². The standard InChI is InChI=1S/C23H23N3O6/c1-31-19-10-8-16(13-20(19)32-2)17-9-11-22(28)26(25-17)14-21(27)24-18(23(29)30)12-15-6-4-3-5-7-15/h3-11,13,18H,12,14H2,1-2H3,(H,24,27)(H,29,30)/t18-/m1/s1. The number of ether oxygens (including phenoxy) is 2. The first-order valence-corrected chi connectivity index (χ1v) is 9.78. The fourth-order valence-corrected chi connectivity index (χ4v) is 3.14. The number of hydrogen-bond donors (Lipinski definition) is 2. The number of nitrogens with one attached hydrogen (secondary N) is 1. The van der Waals surface area contributed by atoms with Crippen molar-refractivity contribution in [1.82, 2.24) is 15.1 Å². The molecular weight excluding hydrogens is 414 g/mol. The molecule has 0 spiro atoms. The van der Waals surface area contributed by atoms with Gasteiger partial charge in [-0.05, 0) is 29.8 Å². The van der Waals surface area contributed by atoms with Gasteiger partial charge in [-0.15, -0.1) is 0 Å². The van der Waals surface area contributed by atoms with Crippen LogP contribution in [-0.4, -0.2) is 47.0 Å². The highest BCUT2D eigenvalue weighted by Crippen LogP contribution is 2.31. The lowest BCUT2D eigenvalue weighted by molar-refractivity contribution is -0.141. The van der Waals surface area contributed by atoms with Gasteiger partial charge in [0.2, 0.25) is 5.91 Å². The van der Waals surface area contributed by atoms with Crippen LogP contribution >= 0.6 is 0 Å². The quantitative estimate of drug-likeness (QED) is 0.523. The maximum atomic E-state index is 12.5. The molecule has 9 heteroatoms. The molecule has 166 valence electrons. The van der Waals surface area contributed by atoms with Crippen molar-refractivity contribution < 1.29 is 24.2 Å². The fraction of sp³-hybridized carbons (Fsp3) is 0.217. The van der Waals surface area contributed by atoms with E-state index >= 15 is 0 Å². The average Bonchev–Trinajstić information content (AvgIpc) is 2.80. The summed E-state index contributed by atoms with van der Waals surface area (Å²) in [5.74, 6) is -0.761. The molecule has 0 saturated carbocycles. The van der Waals surface area contributed by atoms with Gasteiger partial charge >= 0.3 is 5.97 Å². The molecule has 0 aliphatic heterocycles. The predicted molar refractivity (Wildman–Crippen MR) is 117 cm³/mol. The highest BCUT2D eigenvalue weighted by Gasteiger charge is 2.21. The van der Waals surface area contributed by atoms with Crippen LogP contribution in [0.5, 0.6) is 11.5 Å². The highest BCUT2D eigenvalue weighted by molar-refractivity contribution is 5.83. The number of benzene rings is 2. The van der Waals surface area contributed by atoms with E-state index < -0.39 is 30.0 Å². The van der Waals surface area contributed by atoms with Crippen molar-refractivity contribution in [2.45, 2.75) is 19.0 Å². The number of carbonyl (C=O) groups is 2. The normalized spacial score (nSPS) is 11.4.